The number of nitrogens with one attached hydrogen (secondary N) is 1. The van der Waals surface area contributed by atoms with Gasteiger partial charge in [0, 0.05) is 39.0 Å². The van der Waals surface area contributed by atoms with Crippen LogP contribution in [0, 0.1) is 5.92 Å². The van der Waals surface area contributed by atoms with Gasteiger partial charge in [0.25, 0.3) is 5.91 Å². The van der Waals surface area contributed by atoms with E-state index in [1.807, 2.05) is 0 Å². The van der Waals surface area contributed by atoms with Gasteiger partial charge in [0.05, 0.1) is 17.4 Å². The van der Waals surface area contributed by atoms with Crippen molar-refractivity contribution in [3.05, 3.63) is 23.8 Å². The Bertz CT molecular complexity index is 846. The van der Waals surface area contributed by atoms with E-state index in [-0.39, 0.29) is 29.7 Å². The van der Waals surface area contributed by atoms with E-state index in [1.165, 1.54) is 0 Å². The standard InChI is InChI=1S/C22H37N3O5S/c1-7-11-25-13-16(3)21(29-6)14-24(5)22(26)19-12-18(23-31(27,28)8-2)9-10-20(19)30-15-17(25)4/h9-10,12,16-17,21,23H,7-8,11,13-15H2,1-6H3/t16-,17+,21+/m1/s1. The summed E-state index contributed by atoms with van der Waals surface area (Å²) in [4.78, 5) is 17.3. The molecule has 0 aromatic heterocycles. The number of anilines is 1. The minimum absolute atomic E-state index is 0.0490. The van der Waals surface area contributed by atoms with Gasteiger partial charge in [-0.2, -0.15) is 0 Å². The molecule has 1 aromatic rings. The molecule has 0 aliphatic carbocycles. The Morgan fingerprint density at radius 2 is 1.94 bits per heavy atom. The lowest BCUT2D eigenvalue weighted by atomic mass is 10.0. The predicted molar refractivity (Wildman–Crippen MR) is 123 cm³/mol. The first-order valence-electron chi connectivity index (χ1n) is 10.9. The summed E-state index contributed by atoms with van der Waals surface area (Å²) < 4.78 is 38.3. The Hall–Kier alpha value is -1.84. The lowest BCUT2D eigenvalue weighted by molar-refractivity contribution is 0.0108. The van der Waals surface area contributed by atoms with Crippen molar-refractivity contribution < 1.29 is 22.7 Å². The Morgan fingerprint density at radius 1 is 1.23 bits per heavy atom. The number of carbonyl (C=O) groups excluding carboxylic acids is 1. The van der Waals surface area contributed by atoms with E-state index in [0.29, 0.717) is 30.2 Å². The molecule has 0 unspecified atom stereocenters. The first-order chi connectivity index (χ1) is 14.6. The lowest BCUT2D eigenvalue weighted by Crippen LogP contribution is -2.46. The van der Waals surface area contributed by atoms with Crippen LogP contribution >= 0.6 is 0 Å². The van der Waals surface area contributed by atoms with Crippen LogP contribution in [0.4, 0.5) is 5.69 Å². The summed E-state index contributed by atoms with van der Waals surface area (Å²) in [5, 5.41) is 0. The number of methoxy groups -OCH3 is 1. The fourth-order valence-corrected chi connectivity index (χ4v) is 4.40. The van der Waals surface area contributed by atoms with Crippen LogP contribution in [0.25, 0.3) is 0 Å². The molecule has 2 rings (SSSR count). The van der Waals surface area contributed by atoms with Crippen molar-refractivity contribution in [1.82, 2.24) is 9.80 Å². The average Bonchev–Trinajstić information content (AvgIpc) is 2.74. The average molecular weight is 456 g/mol. The summed E-state index contributed by atoms with van der Waals surface area (Å²) >= 11 is 0. The number of nitrogens with zero attached hydrogens (tertiary/aromatic N) is 2. The fraction of sp³-hybridized carbons (Fsp3) is 0.682. The largest absolute Gasteiger partial charge is 0.491 e. The Morgan fingerprint density at radius 3 is 2.55 bits per heavy atom. The van der Waals surface area contributed by atoms with Gasteiger partial charge in [-0.05, 0) is 50.9 Å². The van der Waals surface area contributed by atoms with Gasteiger partial charge >= 0.3 is 0 Å². The molecule has 1 amide bonds. The topological polar surface area (TPSA) is 88.2 Å². The molecule has 9 heteroatoms. The van der Waals surface area contributed by atoms with Crippen molar-refractivity contribution in [3.63, 3.8) is 0 Å². The molecule has 0 radical (unpaired) electrons. The number of fused-ring (bicyclic) bond motifs is 1. The van der Waals surface area contributed by atoms with Crippen LogP contribution in [0.5, 0.6) is 5.75 Å². The number of amides is 1. The number of likely N-dealkylation sites (N-methyl/N-ethyl adjacent to an activating group) is 1. The number of hydrogen-bond acceptors (Lipinski definition) is 6. The van der Waals surface area contributed by atoms with E-state index in [4.69, 9.17) is 9.47 Å². The predicted octanol–water partition coefficient (Wildman–Crippen LogP) is 2.66. The highest BCUT2D eigenvalue weighted by Crippen LogP contribution is 2.27. The fourth-order valence-electron chi connectivity index (χ4n) is 3.77. The number of ether oxygens (including phenoxy) is 2. The first kappa shape index (κ1) is 25.4. The second-order valence-corrected chi connectivity index (χ2v) is 10.3. The van der Waals surface area contributed by atoms with Gasteiger partial charge in [0.15, 0.2) is 0 Å². The van der Waals surface area contributed by atoms with Crippen molar-refractivity contribution in [2.24, 2.45) is 5.92 Å². The molecular formula is C22H37N3O5S. The smallest absolute Gasteiger partial charge is 0.257 e. The highest BCUT2D eigenvalue weighted by atomic mass is 32.2. The minimum Gasteiger partial charge on any atom is -0.491 e. The third kappa shape index (κ3) is 6.82. The second-order valence-electron chi connectivity index (χ2n) is 8.31. The molecule has 3 atom stereocenters. The molecule has 31 heavy (non-hydrogen) atoms. The Kier molecular flexibility index (Phi) is 9.14. The normalized spacial score (nSPS) is 24.0. The zero-order chi connectivity index (χ0) is 23.2. The quantitative estimate of drug-likeness (QED) is 0.710. The maximum Gasteiger partial charge on any atom is 0.257 e. The van der Waals surface area contributed by atoms with E-state index in [2.05, 4.69) is 30.4 Å². The van der Waals surface area contributed by atoms with E-state index < -0.39 is 10.0 Å². The third-order valence-corrected chi connectivity index (χ3v) is 7.04. The van der Waals surface area contributed by atoms with Gasteiger partial charge in [-0.25, -0.2) is 8.42 Å². The molecule has 1 N–H and O–H groups in total. The highest BCUT2D eigenvalue weighted by Gasteiger charge is 2.28. The number of benzene rings is 1. The maximum absolute atomic E-state index is 13.3. The van der Waals surface area contributed by atoms with Gasteiger partial charge in [-0.15, -0.1) is 0 Å². The van der Waals surface area contributed by atoms with Crippen molar-refractivity contribution in [2.75, 3.05) is 50.9 Å². The molecule has 0 saturated heterocycles. The van der Waals surface area contributed by atoms with Crippen LogP contribution in [0.1, 0.15) is 44.5 Å². The SMILES string of the molecule is CCCN1C[C@@H](C)[C@@H](OC)CN(C)C(=O)c2cc(NS(=O)(=O)CC)ccc2OC[C@@H]1C. The second kappa shape index (κ2) is 11.2. The molecule has 0 saturated carbocycles. The Balaban J connectivity index is 2.44. The van der Waals surface area contributed by atoms with Crippen LogP contribution in [-0.2, 0) is 14.8 Å². The summed E-state index contributed by atoms with van der Waals surface area (Å²) in [7, 11) is -0.0525. The van der Waals surface area contributed by atoms with Crippen molar-refractivity contribution in [2.45, 2.75) is 46.3 Å². The van der Waals surface area contributed by atoms with Gasteiger partial charge in [-0.3, -0.25) is 14.4 Å². The molecule has 8 nitrogen and oxygen atoms in total. The van der Waals surface area contributed by atoms with E-state index in [0.717, 1.165) is 19.5 Å². The summed E-state index contributed by atoms with van der Waals surface area (Å²) in [5.41, 5.74) is 0.673. The summed E-state index contributed by atoms with van der Waals surface area (Å²) in [5.74, 6) is 0.380. The zero-order valence-corrected chi connectivity index (χ0v) is 20.4. The molecule has 1 aliphatic rings. The van der Waals surface area contributed by atoms with Gasteiger partial charge < -0.3 is 14.4 Å². The van der Waals surface area contributed by atoms with Gasteiger partial charge in [0.2, 0.25) is 10.0 Å². The first-order valence-corrected chi connectivity index (χ1v) is 12.6. The number of rotatable bonds is 6. The number of sulfonamides is 1. The number of carbonyl (C=O) groups is 1. The van der Waals surface area contributed by atoms with Crippen LogP contribution in [0.15, 0.2) is 18.2 Å². The van der Waals surface area contributed by atoms with E-state index >= 15 is 0 Å². The van der Waals surface area contributed by atoms with E-state index in [1.54, 1.807) is 44.2 Å². The van der Waals surface area contributed by atoms with Crippen LogP contribution in [0.3, 0.4) is 0 Å². The molecule has 176 valence electrons. The number of hydrogen-bond donors (Lipinski definition) is 1. The summed E-state index contributed by atoms with van der Waals surface area (Å²) in [6.45, 7) is 10.6. The molecule has 1 heterocycles. The molecule has 0 fully saturated rings. The van der Waals surface area contributed by atoms with Crippen LogP contribution in [0.2, 0.25) is 0 Å². The van der Waals surface area contributed by atoms with Crippen molar-refractivity contribution in [1.29, 1.82) is 0 Å². The summed E-state index contributed by atoms with van der Waals surface area (Å²) in [6, 6.07) is 4.98. The molecule has 1 aromatic carbocycles. The third-order valence-electron chi connectivity index (χ3n) is 5.74. The molecule has 0 bridgehead atoms. The van der Waals surface area contributed by atoms with E-state index in [9.17, 15) is 13.2 Å². The Labute approximate surface area is 186 Å². The zero-order valence-electron chi connectivity index (χ0n) is 19.6. The van der Waals surface area contributed by atoms with Crippen LogP contribution in [-0.4, -0.2) is 82.4 Å². The van der Waals surface area contributed by atoms with Crippen molar-refractivity contribution in [3.8, 4) is 5.75 Å². The summed E-state index contributed by atoms with van der Waals surface area (Å²) in [6.07, 6.45) is 0.913. The van der Waals surface area contributed by atoms with Crippen LogP contribution < -0.4 is 9.46 Å². The molecular weight excluding hydrogens is 418 g/mol. The van der Waals surface area contributed by atoms with Gasteiger partial charge in [-0.1, -0.05) is 13.8 Å². The molecule has 1 aliphatic heterocycles. The minimum atomic E-state index is -3.45. The molecule has 0 spiro atoms. The lowest BCUT2D eigenvalue weighted by Gasteiger charge is -2.35. The van der Waals surface area contributed by atoms with Crippen molar-refractivity contribution >= 4 is 21.6 Å². The highest BCUT2D eigenvalue weighted by molar-refractivity contribution is 7.92. The van der Waals surface area contributed by atoms with Gasteiger partial charge in [0.1, 0.15) is 12.4 Å². The maximum atomic E-state index is 13.3. The monoisotopic (exact) mass is 455 g/mol.